The van der Waals surface area contributed by atoms with Gasteiger partial charge in [-0.05, 0) is 55.6 Å². The van der Waals surface area contributed by atoms with Crippen molar-refractivity contribution in [3.05, 3.63) is 29.6 Å². The van der Waals surface area contributed by atoms with Crippen LogP contribution < -0.4 is 10.1 Å². The first-order chi connectivity index (χ1) is 12.4. The summed E-state index contributed by atoms with van der Waals surface area (Å²) in [5.41, 5.74) is 0.0435. The van der Waals surface area contributed by atoms with Crippen molar-refractivity contribution in [1.82, 2.24) is 5.32 Å². The molecule has 0 aliphatic heterocycles. The second-order valence-electron chi connectivity index (χ2n) is 7.84. The maximum Gasteiger partial charge on any atom is 0.254 e. The number of benzene rings is 1. The highest BCUT2D eigenvalue weighted by Crippen LogP contribution is 2.26. The molecule has 3 nitrogen and oxygen atoms in total. The fourth-order valence-corrected chi connectivity index (χ4v) is 3.72. The van der Waals surface area contributed by atoms with Crippen molar-refractivity contribution < 1.29 is 13.9 Å². The van der Waals surface area contributed by atoms with E-state index in [4.69, 9.17) is 4.74 Å². The van der Waals surface area contributed by atoms with Gasteiger partial charge < -0.3 is 10.1 Å². The van der Waals surface area contributed by atoms with Crippen LogP contribution in [0.5, 0.6) is 5.75 Å². The molecular formula is C22H36FNO2. The van der Waals surface area contributed by atoms with E-state index in [1.807, 2.05) is 0 Å². The third-order valence-corrected chi connectivity index (χ3v) is 4.74. The summed E-state index contributed by atoms with van der Waals surface area (Å²) in [5, 5.41) is 2.43. The fraction of sp³-hybridized carbons (Fsp3) is 0.682. The summed E-state index contributed by atoms with van der Waals surface area (Å²) < 4.78 is 19.6. The maximum atomic E-state index is 13.9. The minimum absolute atomic E-state index is 0.0435. The zero-order valence-corrected chi connectivity index (χ0v) is 17.1. The Kier molecular flexibility index (Phi) is 10.3. The Morgan fingerprint density at radius 1 is 1.19 bits per heavy atom. The number of carbonyl (C=O) groups is 1. The van der Waals surface area contributed by atoms with Crippen molar-refractivity contribution in [2.45, 2.75) is 66.2 Å². The molecule has 26 heavy (non-hydrogen) atoms. The van der Waals surface area contributed by atoms with E-state index < -0.39 is 11.7 Å². The van der Waals surface area contributed by atoms with Gasteiger partial charge in [-0.1, -0.05) is 40.5 Å². The summed E-state index contributed by atoms with van der Waals surface area (Å²) >= 11 is 0. The number of amides is 1. The molecule has 1 amide bonds. The Morgan fingerprint density at radius 3 is 2.50 bits per heavy atom. The lowest BCUT2D eigenvalue weighted by Crippen LogP contribution is -2.19. The van der Waals surface area contributed by atoms with Crippen molar-refractivity contribution in [1.29, 1.82) is 0 Å². The molecule has 0 aliphatic rings. The number of rotatable bonds is 12. The highest BCUT2D eigenvalue weighted by atomic mass is 19.1. The molecule has 2 unspecified atom stereocenters. The first-order valence-electron chi connectivity index (χ1n) is 10.0. The largest absolute Gasteiger partial charge is 0.493 e. The predicted molar refractivity (Wildman–Crippen MR) is 106 cm³/mol. The Morgan fingerprint density at radius 2 is 1.92 bits per heavy atom. The molecular weight excluding hydrogens is 329 g/mol. The quantitative estimate of drug-likeness (QED) is 0.473. The normalized spacial score (nSPS) is 13.5. The van der Waals surface area contributed by atoms with Crippen LogP contribution in [-0.4, -0.2) is 19.6 Å². The minimum atomic E-state index is -0.548. The van der Waals surface area contributed by atoms with Crippen LogP contribution in [0.25, 0.3) is 0 Å². The van der Waals surface area contributed by atoms with E-state index in [0.717, 1.165) is 30.6 Å². The van der Waals surface area contributed by atoms with Crippen LogP contribution in [-0.2, 0) is 0 Å². The van der Waals surface area contributed by atoms with Gasteiger partial charge in [0.2, 0.25) is 0 Å². The van der Waals surface area contributed by atoms with E-state index in [1.165, 1.54) is 44.9 Å². The Bertz CT molecular complexity index is 545. The molecule has 1 rings (SSSR count). The van der Waals surface area contributed by atoms with Gasteiger partial charge in [-0.15, -0.1) is 0 Å². The van der Waals surface area contributed by atoms with Crippen molar-refractivity contribution in [3.8, 4) is 5.75 Å². The Balaban J connectivity index is 2.43. The van der Waals surface area contributed by atoms with Crippen molar-refractivity contribution in [3.63, 3.8) is 0 Å². The summed E-state index contributed by atoms with van der Waals surface area (Å²) in [6.45, 7) is 9.75. The summed E-state index contributed by atoms with van der Waals surface area (Å²) in [7, 11) is 1.49. The van der Waals surface area contributed by atoms with Gasteiger partial charge in [0.05, 0.1) is 12.2 Å². The van der Waals surface area contributed by atoms with E-state index >= 15 is 0 Å². The molecule has 1 N–H and O–H groups in total. The summed E-state index contributed by atoms with van der Waals surface area (Å²) in [6, 6.07) is 4.41. The first kappa shape index (κ1) is 22.5. The van der Waals surface area contributed by atoms with Crippen molar-refractivity contribution >= 4 is 5.91 Å². The van der Waals surface area contributed by atoms with E-state index in [9.17, 15) is 9.18 Å². The maximum absolute atomic E-state index is 13.9. The number of nitrogens with one attached hydrogen (secondary N) is 1. The number of ether oxygens (including phenoxy) is 1. The SMILES string of the molecule is CCCC(CCCOc1ccc(C(=O)NC)c(F)c1)CC(C)CC(C)C. The Labute approximate surface area is 158 Å². The van der Waals surface area contributed by atoms with Crippen LogP contribution in [0.2, 0.25) is 0 Å². The van der Waals surface area contributed by atoms with Crippen LogP contribution in [0.3, 0.4) is 0 Å². The number of carbonyl (C=O) groups excluding carboxylic acids is 1. The number of hydrogen-bond acceptors (Lipinski definition) is 2. The predicted octanol–water partition coefficient (Wildman–Crippen LogP) is 5.83. The molecule has 1 aromatic rings. The van der Waals surface area contributed by atoms with Gasteiger partial charge in [0.25, 0.3) is 5.91 Å². The van der Waals surface area contributed by atoms with Crippen LogP contribution in [0, 0.1) is 23.6 Å². The second-order valence-corrected chi connectivity index (χ2v) is 7.84. The highest BCUT2D eigenvalue weighted by Gasteiger charge is 2.14. The number of halogens is 1. The highest BCUT2D eigenvalue weighted by molar-refractivity contribution is 5.94. The van der Waals surface area contributed by atoms with Gasteiger partial charge in [0.1, 0.15) is 11.6 Å². The smallest absolute Gasteiger partial charge is 0.254 e. The lowest BCUT2D eigenvalue weighted by atomic mass is 9.85. The molecule has 0 aromatic heterocycles. The molecule has 0 heterocycles. The van der Waals surface area contributed by atoms with E-state index in [-0.39, 0.29) is 5.56 Å². The Hall–Kier alpha value is -1.58. The monoisotopic (exact) mass is 365 g/mol. The zero-order chi connectivity index (χ0) is 19.5. The topological polar surface area (TPSA) is 38.3 Å². The summed E-state index contributed by atoms with van der Waals surface area (Å²) in [6.07, 6.45) is 7.16. The van der Waals surface area contributed by atoms with E-state index in [0.29, 0.717) is 12.4 Å². The lowest BCUT2D eigenvalue weighted by molar-refractivity contribution is 0.0959. The molecule has 0 fully saturated rings. The molecule has 4 heteroatoms. The standard InChI is InChI=1S/C22H36FNO2/c1-6-8-18(14-17(4)13-16(2)3)9-7-12-26-19-10-11-20(21(23)15-19)22(25)24-5/h10-11,15-18H,6-9,12-14H2,1-5H3,(H,24,25). The lowest BCUT2D eigenvalue weighted by Gasteiger charge is -2.22. The summed E-state index contributed by atoms with van der Waals surface area (Å²) in [4.78, 5) is 11.5. The minimum Gasteiger partial charge on any atom is -0.493 e. The van der Waals surface area contributed by atoms with Gasteiger partial charge in [-0.3, -0.25) is 4.79 Å². The fourth-order valence-electron chi connectivity index (χ4n) is 3.72. The molecule has 0 aliphatic carbocycles. The zero-order valence-electron chi connectivity index (χ0n) is 17.1. The number of hydrogen-bond donors (Lipinski definition) is 1. The van der Waals surface area contributed by atoms with E-state index in [1.54, 1.807) is 6.07 Å². The second kappa shape index (κ2) is 11.9. The molecule has 1 aromatic carbocycles. The van der Waals surface area contributed by atoms with Crippen LogP contribution in [0.4, 0.5) is 4.39 Å². The van der Waals surface area contributed by atoms with Crippen molar-refractivity contribution in [2.75, 3.05) is 13.7 Å². The van der Waals surface area contributed by atoms with Crippen LogP contribution in [0.1, 0.15) is 76.6 Å². The average molecular weight is 366 g/mol. The molecule has 0 saturated carbocycles. The molecule has 148 valence electrons. The molecule has 2 atom stereocenters. The third kappa shape index (κ3) is 8.20. The molecule has 0 radical (unpaired) electrons. The van der Waals surface area contributed by atoms with Gasteiger partial charge in [-0.2, -0.15) is 0 Å². The van der Waals surface area contributed by atoms with Gasteiger partial charge in [-0.25, -0.2) is 4.39 Å². The van der Waals surface area contributed by atoms with Crippen LogP contribution >= 0.6 is 0 Å². The summed E-state index contributed by atoms with van der Waals surface area (Å²) in [5.74, 6) is 1.77. The van der Waals surface area contributed by atoms with Gasteiger partial charge in [0.15, 0.2) is 0 Å². The average Bonchev–Trinajstić information content (AvgIpc) is 2.57. The molecule has 0 saturated heterocycles. The van der Waals surface area contributed by atoms with Gasteiger partial charge in [0, 0.05) is 13.1 Å². The third-order valence-electron chi connectivity index (χ3n) is 4.74. The van der Waals surface area contributed by atoms with E-state index in [2.05, 4.69) is 33.0 Å². The molecule has 0 bridgehead atoms. The van der Waals surface area contributed by atoms with Gasteiger partial charge >= 0.3 is 0 Å². The molecule has 0 spiro atoms. The van der Waals surface area contributed by atoms with Crippen molar-refractivity contribution in [2.24, 2.45) is 17.8 Å². The van der Waals surface area contributed by atoms with Crippen LogP contribution in [0.15, 0.2) is 18.2 Å². The first-order valence-corrected chi connectivity index (χ1v) is 10.0.